The van der Waals surface area contributed by atoms with Gasteiger partial charge in [0.25, 0.3) is 0 Å². The quantitative estimate of drug-likeness (QED) is 0.535. The maximum Gasteiger partial charge on any atom is 0.416 e. The second-order valence-corrected chi connectivity index (χ2v) is 4.01. The number of nitrogens with two attached hydrogens (primary N) is 1. The Morgan fingerprint density at radius 3 is 2.74 bits per heavy atom. The van der Waals surface area contributed by atoms with Crippen LogP contribution >= 0.6 is 0 Å². The molecule has 0 unspecified atom stereocenters. The van der Waals surface area contributed by atoms with Crippen LogP contribution in [0.1, 0.15) is 5.56 Å². The van der Waals surface area contributed by atoms with Crippen LogP contribution < -0.4 is 21.5 Å². The monoisotopic (exact) mass is 275 g/mol. The number of nitrogen functional groups attached to an aromatic ring is 1. The van der Waals surface area contributed by atoms with E-state index in [2.05, 4.69) is 15.7 Å². The number of alkyl halides is 3. The number of hydrogen-bond acceptors (Lipinski definition) is 5. The number of rotatable bonds is 2. The van der Waals surface area contributed by atoms with Crippen LogP contribution in [0.3, 0.4) is 0 Å². The van der Waals surface area contributed by atoms with Crippen molar-refractivity contribution < 1.29 is 18.0 Å². The summed E-state index contributed by atoms with van der Waals surface area (Å²) in [6.45, 7) is 0.727. The molecule has 2 heterocycles. The zero-order valence-electron chi connectivity index (χ0n) is 9.79. The summed E-state index contributed by atoms with van der Waals surface area (Å²) in [5, 5.41) is 2.58. The lowest BCUT2D eigenvalue weighted by Gasteiger charge is -2.28. The fraction of sp³-hybridized carbons (Fsp3) is 0.400. The first-order valence-electron chi connectivity index (χ1n) is 5.47. The highest BCUT2D eigenvalue weighted by molar-refractivity contribution is 5.82. The van der Waals surface area contributed by atoms with Gasteiger partial charge in [-0.1, -0.05) is 0 Å². The zero-order chi connectivity index (χ0) is 14.0. The predicted molar refractivity (Wildman–Crippen MR) is 62.3 cm³/mol. The number of hydrogen-bond donors (Lipinski definition) is 3. The van der Waals surface area contributed by atoms with E-state index in [1.165, 1.54) is 4.90 Å². The first kappa shape index (κ1) is 13.4. The SMILES string of the molecule is NNc1cc(C(F)(F)F)cc(N2CCNC(=O)C2)n1. The fourth-order valence-electron chi connectivity index (χ4n) is 1.75. The van der Waals surface area contributed by atoms with Gasteiger partial charge in [0.2, 0.25) is 5.91 Å². The molecule has 0 radical (unpaired) electrons. The Balaban J connectivity index is 2.36. The molecule has 1 aromatic rings. The molecular weight excluding hydrogens is 263 g/mol. The molecule has 1 aliphatic heterocycles. The number of carbonyl (C=O) groups excluding carboxylic acids is 1. The van der Waals surface area contributed by atoms with Crippen molar-refractivity contribution in [3.63, 3.8) is 0 Å². The molecule has 1 aromatic heterocycles. The molecular formula is C10H12F3N5O. The highest BCUT2D eigenvalue weighted by Gasteiger charge is 2.32. The third-order valence-electron chi connectivity index (χ3n) is 2.65. The van der Waals surface area contributed by atoms with E-state index in [1.807, 2.05) is 0 Å². The van der Waals surface area contributed by atoms with Crippen molar-refractivity contribution in [2.45, 2.75) is 6.18 Å². The minimum atomic E-state index is -4.50. The first-order valence-corrected chi connectivity index (χ1v) is 5.47. The van der Waals surface area contributed by atoms with E-state index in [9.17, 15) is 18.0 Å². The first-order chi connectivity index (χ1) is 8.90. The van der Waals surface area contributed by atoms with Gasteiger partial charge in [0, 0.05) is 13.1 Å². The minimum absolute atomic E-state index is 0.0294. The molecule has 0 spiro atoms. The third-order valence-corrected chi connectivity index (χ3v) is 2.65. The summed E-state index contributed by atoms with van der Waals surface area (Å²) in [5.74, 6) is 4.82. The standard InChI is InChI=1S/C10H12F3N5O/c11-10(12,13)6-3-7(17-14)16-8(4-6)18-2-1-15-9(19)5-18/h3-4H,1-2,5,14H2,(H,15,19)(H,16,17). The van der Waals surface area contributed by atoms with Crippen LogP contribution in [-0.2, 0) is 11.0 Å². The average Bonchev–Trinajstić information content (AvgIpc) is 2.37. The predicted octanol–water partition coefficient (Wildman–Crippen LogP) is 0.322. The van der Waals surface area contributed by atoms with Crippen LogP contribution in [0.15, 0.2) is 12.1 Å². The Morgan fingerprint density at radius 2 is 2.16 bits per heavy atom. The van der Waals surface area contributed by atoms with Gasteiger partial charge in [-0.3, -0.25) is 4.79 Å². The lowest BCUT2D eigenvalue weighted by molar-refractivity contribution is -0.137. The van der Waals surface area contributed by atoms with Crippen LogP contribution in [0.4, 0.5) is 24.8 Å². The van der Waals surface area contributed by atoms with Crippen molar-refractivity contribution in [3.05, 3.63) is 17.7 Å². The molecule has 1 saturated heterocycles. The Bertz CT molecular complexity index is 491. The second kappa shape index (κ2) is 4.92. The maximum absolute atomic E-state index is 12.7. The van der Waals surface area contributed by atoms with E-state index >= 15 is 0 Å². The number of aromatic nitrogens is 1. The van der Waals surface area contributed by atoms with Gasteiger partial charge >= 0.3 is 6.18 Å². The molecule has 0 saturated carbocycles. The van der Waals surface area contributed by atoms with E-state index in [0.717, 1.165) is 12.1 Å². The number of halogens is 3. The number of amides is 1. The van der Waals surface area contributed by atoms with Crippen LogP contribution in [-0.4, -0.2) is 30.5 Å². The molecule has 104 valence electrons. The van der Waals surface area contributed by atoms with Gasteiger partial charge in [0.15, 0.2) is 0 Å². The van der Waals surface area contributed by atoms with Crippen molar-refractivity contribution in [3.8, 4) is 0 Å². The summed E-state index contributed by atoms with van der Waals surface area (Å²) in [4.78, 5) is 16.6. The van der Waals surface area contributed by atoms with E-state index in [0.29, 0.717) is 13.1 Å². The molecule has 2 rings (SSSR count). The molecule has 0 bridgehead atoms. The topological polar surface area (TPSA) is 83.3 Å². The molecule has 1 aliphatic rings. The summed E-state index contributed by atoms with van der Waals surface area (Å²) < 4.78 is 38.2. The molecule has 6 nitrogen and oxygen atoms in total. The number of anilines is 2. The Kier molecular flexibility index (Phi) is 3.47. The molecule has 9 heteroatoms. The fourth-order valence-corrected chi connectivity index (χ4v) is 1.75. The maximum atomic E-state index is 12.7. The number of carbonyl (C=O) groups is 1. The molecule has 4 N–H and O–H groups in total. The van der Waals surface area contributed by atoms with E-state index < -0.39 is 11.7 Å². The summed E-state index contributed by atoms with van der Waals surface area (Å²) in [5.41, 5.74) is 1.23. The van der Waals surface area contributed by atoms with Crippen LogP contribution in [0.25, 0.3) is 0 Å². The van der Waals surface area contributed by atoms with Crippen LogP contribution in [0.5, 0.6) is 0 Å². The van der Waals surface area contributed by atoms with Crippen molar-refractivity contribution in [2.24, 2.45) is 5.84 Å². The van der Waals surface area contributed by atoms with E-state index in [1.54, 1.807) is 0 Å². The lowest BCUT2D eigenvalue weighted by atomic mass is 10.2. The highest BCUT2D eigenvalue weighted by Crippen LogP contribution is 2.32. The molecule has 1 amide bonds. The Labute approximate surface area is 106 Å². The van der Waals surface area contributed by atoms with Crippen LogP contribution in [0, 0.1) is 0 Å². The second-order valence-electron chi connectivity index (χ2n) is 4.01. The molecule has 0 aliphatic carbocycles. The normalized spacial score (nSPS) is 16.2. The summed E-state index contributed by atoms with van der Waals surface area (Å²) in [6.07, 6.45) is -4.50. The van der Waals surface area contributed by atoms with Crippen molar-refractivity contribution >= 4 is 17.5 Å². The van der Waals surface area contributed by atoms with Gasteiger partial charge in [0.05, 0.1) is 12.1 Å². The Hall–Kier alpha value is -2.03. The number of piperazine rings is 1. The smallest absolute Gasteiger partial charge is 0.353 e. The van der Waals surface area contributed by atoms with Gasteiger partial charge in [-0.15, -0.1) is 0 Å². The number of nitrogens with zero attached hydrogens (tertiary/aromatic N) is 2. The molecule has 0 atom stereocenters. The highest BCUT2D eigenvalue weighted by atomic mass is 19.4. The molecule has 1 fully saturated rings. The van der Waals surface area contributed by atoms with E-state index in [-0.39, 0.29) is 24.1 Å². The van der Waals surface area contributed by atoms with Crippen molar-refractivity contribution in [1.29, 1.82) is 0 Å². The molecule has 0 aromatic carbocycles. The van der Waals surface area contributed by atoms with Gasteiger partial charge in [-0.2, -0.15) is 13.2 Å². The van der Waals surface area contributed by atoms with Gasteiger partial charge in [-0.25, -0.2) is 10.8 Å². The average molecular weight is 275 g/mol. The van der Waals surface area contributed by atoms with Gasteiger partial charge in [0.1, 0.15) is 11.6 Å². The van der Waals surface area contributed by atoms with Gasteiger partial charge < -0.3 is 15.6 Å². The van der Waals surface area contributed by atoms with Crippen LogP contribution in [0.2, 0.25) is 0 Å². The van der Waals surface area contributed by atoms with E-state index in [4.69, 9.17) is 5.84 Å². The number of nitrogens with one attached hydrogen (secondary N) is 2. The van der Waals surface area contributed by atoms with Crippen molar-refractivity contribution in [1.82, 2.24) is 10.3 Å². The number of hydrazine groups is 1. The summed E-state index contributed by atoms with van der Waals surface area (Å²) in [7, 11) is 0. The van der Waals surface area contributed by atoms with Gasteiger partial charge in [-0.05, 0) is 12.1 Å². The number of pyridine rings is 1. The minimum Gasteiger partial charge on any atom is -0.353 e. The summed E-state index contributed by atoms with van der Waals surface area (Å²) in [6, 6.07) is 1.72. The Morgan fingerprint density at radius 1 is 1.42 bits per heavy atom. The summed E-state index contributed by atoms with van der Waals surface area (Å²) >= 11 is 0. The molecule has 19 heavy (non-hydrogen) atoms. The largest absolute Gasteiger partial charge is 0.416 e. The third kappa shape index (κ3) is 3.05. The lowest BCUT2D eigenvalue weighted by Crippen LogP contribution is -2.48. The zero-order valence-corrected chi connectivity index (χ0v) is 9.79. The van der Waals surface area contributed by atoms with Crippen molar-refractivity contribution in [2.75, 3.05) is 30.0 Å².